The van der Waals surface area contributed by atoms with Gasteiger partial charge >= 0.3 is 0 Å². The first-order valence-corrected chi connectivity index (χ1v) is 5.50. The van der Waals surface area contributed by atoms with Crippen LogP contribution in [0.5, 0.6) is 0 Å². The van der Waals surface area contributed by atoms with E-state index in [2.05, 4.69) is 5.32 Å². The monoisotopic (exact) mass is 222 g/mol. The Morgan fingerprint density at radius 1 is 1.50 bits per heavy atom. The molecule has 1 aliphatic rings. The smallest absolute Gasteiger partial charge is 0.227 e. The van der Waals surface area contributed by atoms with Crippen LogP contribution in [0, 0.1) is 11.7 Å². The lowest BCUT2D eigenvalue weighted by molar-refractivity contribution is -0.120. The molecule has 0 radical (unpaired) electrons. The van der Waals surface area contributed by atoms with Gasteiger partial charge in [-0.25, -0.2) is 4.39 Å². The fourth-order valence-corrected chi connectivity index (χ4v) is 2.06. The van der Waals surface area contributed by atoms with Gasteiger partial charge in [0.15, 0.2) is 0 Å². The van der Waals surface area contributed by atoms with Crippen LogP contribution in [0.4, 0.5) is 10.1 Å². The van der Waals surface area contributed by atoms with Crippen molar-refractivity contribution in [1.29, 1.82) is 0 Å². The molecular formula is C12H15FN2O. The Labute approximate surface area is 93.8 Å². The number of nitrogens with two attached hydrogens (primary N) is 1. The third-order valence-electron chi connectivity index (χ3n) is 2.94. The number of carbonyl (C=O) groups is 1. The zero-order valence-corrected chi connectivity index (χ0v) is 9.00. The Hall–Kier alpha value is -1.42. The van der Waals surface area contributed by atoms with Gasteiger partial charge in [-0.1, -0.05) is 12.1 Å². The number of hydrogen-bond donors (Lipinski definition) is 2. The van der Waals surface area contributed by atoms with Gasteiger partial charge in [0.25, 0.3) is 0 Å². The maximum Gasteiger partial charge on any atom is 0.227 e. The van der Waals surface area contributed by atoms with Crippen molar-refractivity contribution in [2.45, 2.75) is 19.3 Å². The van der Waals surface area contributed by atoms with Crippen LogP contribution in [0.25, 0.3) is 0 Å². The molecule has 1 aromatic carbocycles. The molecule has 0 bridgehead atoms. The second-order valence-electron chi connectivity index (χ2n) is 4.10. The molecule has 3 nitrogen and oxygen atoms in total. The van der Waals surface area contributed by atoms with Gasteiger partial charge in [-0.15, -0.1) is 0 Å². The highest BCUT2D eigenvalue weighted by Gasteiger charge is 2.26. The van der Waals surface area contributed by atoms with Crippen LogP contribution in [0.1, 0.15) is 18.4 Å². The van der Waals surface area contributed by atoms with E-state index in [9.17, 15) is 9.18 Å². The van der Waals surface area contributed by atoms with Crippen molar-refractivity contribution in [3.8, 4) is 0 Å². The van der Waals surface area contributed by atoms with Gasteiger partial charge in [-0.3, -0.25) is 4.79 Å². The first-order chi connectivity index (χ1) is 7.72. The predicted octanol–water partition coefficient (Wildman–Crippen LogP) is 1.68. The highest BCUT2D eigenvalue weighted by Crippen LogP contribution is 2.29. The van der Waals surface area contributed by atoms with Gasteiger partial charge in [0, 0.05) is 5.92 Å². The number of halogens is 1. The van der Waals surface area contributed by atoms with Gasteiger partial charge < -0.3 is 11.1 Å². The summed E-state index contributed by atoms with van der Waals surface area (Å²) in [5.74, 6) is -0.521. The standard InChI is InChI=1S/C12H15FN2O/c13-10-5-1-3-8-7-9(4-2-6-14)12(16)15-11(8)10/h1,3,5,9H,2,4,6-7,14H2,(H,15,16). The molecule has 0 aliphatic carbocycles. The van der Waals surface area contributed by atoms with Crippen LogP contribution in [-0.4, -0.2) is 12.5 Å². The lowest BCUT2D eigenvalue weighted by Gasteiger charge is -2.24. The van der Waals surface area contributed by atoms with Crippen LogP contribution >= 0.6 is 0 Å². The lowest BCUT2D eigenvalue weighted by Crippen LogP contribution is -2.30. The van der Waals surface area contributed by atoms with Crippen LogP contribution in [0.15, 0.2) is 18.2 Å². The lowest BCUT2D eigenvalue weighted by atomic mass is 9.89. The fourth-order valence-electron chi connectivity index (χ4n) is 2.06. The van der Waals surface area contributed by atoms with Gasteiger partial charge in [-0.05, 0) is 37.4 Å². The van der Waals surface area contributed by atoms with Gasteiger partial charge in [0.1, 0.15) is 5.82 Å². The number of benzene rings is 1. The van der Waals surface area contributed by atoms with Crippen molar-refractivity contribution < 1.29 is 9.18 Å². The number of fused-ring (bicyclic) bond motifs is 1. The molecule has 0 fully saturated rings. The van der Waals surface area contributed by atoms with Crippen molar-refractivity contribution >= 4 is 11.6 Å². The summed E-state index contributed by atoms with van der Waals surface area (Å²) >= 11 is 0. The van der Waals surface area contributed by atoms with E-state index in [1.807, 2.05) is 6.07 Å². The third-order valence-corrected chi connectivity index (χ3v) is 2.94. The average Bonchev–Trinajstić information content (AvgIpc) is 2.28. The summed E-state index contributed by atoms with van der Waals surface area (Å²) in [4.78, 5) is 11.7. The van der Waals surface area contributed by atoms with E-state index in [0.29, 0.717) is 18.7 Å². The number of rotatable bonds is 3. The molecular weight excluding hydrogens is 207 g/mol. The summed E-state index contributed by atoms with van der Waals surface area (Å²) in [7, 11) is 0. The van der Waals surface area contributed by atoms with E-state index in [1.165, 1.54) is 6.07 Å². The molecule has 1 aliphatic heterocycles. The average molecular weight is 222 g/mol. The minimum atomic E-state index is -0.358. The second-order valence-corrected chi connectivity index (χ2v) is 4.10. The quantitative estimate of drug-likeness (QED) is 0.817. The summed E-state index contributed by atoms with van der Waals surface area (Å²) in [6, 6.07) is 4.89. The number of nitrogens with one attached hydrogen (secondary N) is 1. The van der Waals surface area contributed by atoms with Gasteiger partial charge in [-0.2, -0.15) is 0 Å². The molecule has 4 heteroatoms. The van der Waals surface area contributed by atoms with Gasteiger partial charge in [0.2, 0.25) is 5.91 Å². The van der Waals surface area contributed by atoms with E-state index in [-0.39, 0.29) is 17.6 Å². The molecule has 1 atom stereocenters. The summed E-state index contributed by atoms with van der Waals surface area (Å²) in [5, 5.41) is 2.63. The van der Waals surface area contributed by atoms with Crippen LogP contribution < -0.4 is 11.1 Å². The summed E-state index contributed by atoms with van der Waals surface area (Å²) in [6.07, 6.45) is 2.19. The Morgan fingerprint density at radius 3 is 3.06 bits per heavy atom. The SMILES string of the molecule is NCCCC1Cc2cccc(F)c2NC1=O. The molecule has 0 spiro atoms. The van der Waals surface area contributed by atoms with Crippen LogP contribution in [0.3, 0.4) is 0 Å². The topological polar surface area (TPSA) is 55.1 Å². The van der Waals surface area contributed by atoms with E-state index in [1.54, 1.807) is 6.07 Å². The predicted molar refractivity (Wildman–Crippen MR) is 60.5 cm³/mol. The van der Waals surface area contributed by atoms with Crippen LogP contribution in [0.2, 0.25) is 0 Å². The molecule has 0 saturated carbocycles. The number of anilines is 1. The van der Waals surface area contributed by atoms with Crippen molar-refractivity contribution in [2.75, 3.05) is 11.9 Å². The molecule has 1 aromatic rings. The third kappa shape index (κ3) is 2.07. The maximum absolute atomic E-state index is 13.4. The first-order valence-electron chi connectivity index (χ1n) is 5.50. The maximum atomic E-state index is 13.4. The minimum Gasteiger partial charge on any atom is -0.330 e. The molecule has 0 saturated heterocycles. The van der Waals surface area contributed by atoms with E-state index in [4.69, 9.17) is 5.73 Å². The van der Waals surface area contributed by atoms with Gasteiger partial charge in [0.05, 0.1) is 5.69 Å². The van der Waals surface area contributed by atoms with Crippen molar-refractivity contribution in [3.63, 3.8) is 0 Å². The summed E-state index contributed by atoms with van der Waals surface area (Å²) in [6.45, 7) is 0.583. The second kappa shape index (κ2) is 4.61. The number of amides is 1. The zero-order chi connectivity index (χ0) is 11.5. The molecule has 0 aromatic heterocycles. The Bertz CT molecular complexity index is 406. The molecule has 1 heterocycles. The Kier molecular flexibility index (Phi) is 3.19. The fraction of sp³-hybridized carbons (Fsp3) is 0.417. The first kappa shape index (κ1) is 11.1. The normalized spacial score (nSPS) is 19.1. The van der Waals surface area contributed by atoms with E-state index >= 15 is 0 Å². The molecule has 16 heavy (non-hydrogen) atoms. The van der Waals surface area contributed by atoms with Crippen molar-refractivity contribution in [3.05, 3.63) is 29.6 Å². The largest absolute Gasteiger partial charge is 0.330 e. The number of carbonyl (C=O) groups excluding carboxylic acids is 1. The molecule has 1 unspecified atom stereocenters. The summed E-state index contributed by atoms with van der Waals surface area (Å²) in [5.41, 5.74) is 6.64. The van der Waals surface area contributed by atoms with E-state index in [0.717, 1.165) is 18.4 Å². The van der Waals surface area contributed by atoms with Crippen LogP contribution in [-0.2, 0) is 11.2 Å². The molecule has 2 rings (SSSR count). The summed E-state index contributed by atoms with van der Waals surface area (Å²) < 4.78 is 13.4. The van der Waals surface area contributed by atoms with Crippen molar-refractivity contribution in [2.24, 2.45) is 11.7 Å². The molecule has 86 valence electrons. The molecule has 3 N–H and O–H groups in total. The van der Waals surface area contributed by atoms with E-state index < -0.39 is 0 Å². The molecule has 1 amide bonds. The number of para-hydroxylation sites is 1. The number of hydrogen-bond acceptors (Lipinski definition) is 2. The zero-order valence-electron chi connectivity index (χ0n) is 9.00. The highest BCUT2D eigenvalue weighted by molar-refractivity contribution is 5.95. The Balaban J connectivity index is 2.19. The Morgan fingerprint density at radius 2 is 2.31 bits per heavy atom. The highest BCUT2D eigenvalue weighted by atomic mass is 19.1. The van der Waals surface area contributed by atoms with Crippen molar-refractivity contribution in [1.82, 2.24) is 0 Å². The minimum absolute atomic E-state index is 0.0714.